The number of aromatic carboxylic acids is 1. The van der Waals surface area contributed by atoms with E-state index < -0.39 is 5.97 Å². The van der Waals surface area contributed by atoms with E-state index in [1.54, 1.807) is 12.1 Å². The maximum Gasteiger partial charge on any atom is 0.335 e. The number of piperazine rings is 1. The lowest BCUT2D eigenvalue weighted by molar-refractivity contribution is -0.135. The molecular formula is C20H27N3O3. The highest BCUT2D eigenvalue weighted by molar-refractivity contribution is 5.88. The van der Waals surface area contributed by atoms with Gasteiger partial charge in [0.1, 0.15) is 0 Å². The zero-order chi connectivity index (χ0) is 18.1. The Morgan fingerprint density at radius 2 is 1.81 bits per heavy atom. The highest BCUT2D eigenvalue weighted by Gasteiger charge is 2.30. The molecule has 1 amide bonds. The summed E-state index contributed by atoms with van der Waals surface area (Å²) in [6, 6.07) is 6.09. The van der Waals surface area contributed by atoms with E-state index in [0.29, 0.717) is 12.1 Å². The summed E-state index contributed by atoms with van der Waals surface area (Å²) in [5.74, 6) is -0.657. The van der Waals surface area contributed by atoms with Gasteiger partial charge in [0.25, 0.3) is 0 Å². The van der Waals surface area contributed by atoms with Crippen LogP contribution in [0, 0.1) is 0 Å². The second-order valence-electron chi connectivity index (χ2n) is 7.75. The first-order valence-corrected chi connectivity index (χ1v) is 9.69. The first-order valence-electron chi connectivity index (χ1n) is 9.69. The number of carboxylic acid groups (broad SMARTS) is 1. The summed E-state index contributed by atoms with van der Waals surface area (Å²) < 4.78 is 0. The number of carboxylic acids is 1. The van der Waals surface area contributed by atoms with Gasteiger partial charge < -0.3 is 10.0 Å². The number of nitrogens with zero attached hydrogens (tertiary/aromatic N) is 3. The minimum absolute atomic E-state index is 0.226. The van der Waals surface area contributed by atoms with Crippen LogP contribution >= 0.6 is 0 Å². The molecular weight excluding hydrogens is 330 g/mol. The van der Waals surface area contributed by atoms with Crippen molar-refractivity contribution in [3.63, 3.8) is 0 Å². The molecule has 1 aliphatic carbocycles. The van der Waals surface area contributed by atoms with Gasteiger partial charge in [0.05, 0.1) is 12.1 Å². The monoisotopic (exact) mass is 357 g/mol. The minimum atomic E-state index is -0.883. The second kappa shape index (κ2) is 7.37. The van der Waals surface area contributed by atoms with Crippen LogP contribution in [0.4, 0.5) is 0 Å². The molecule has 0 radical (unpaired) electrons. The van der Waals surface area contributed by atoms with Crippen molar-refractivity contribution in [2.24, 2.45) is 0 Å². The molecule has 6 heteroatoms. The standard InChI is InChI=1S/C20H27N3O3/c24-19(23-10-8-22(9-11-23)18-2-1-3-18)14-21-7-6-15-12-16(20(25)26)4-5-17(15)13-21/h4-5,12,18H,1-3,6-11,13-14H2,(H,25,26). The molecule has 4 rings (SSSR count). The fraction of sp³-hybridized carbons (Fsp3) is 0.600. The van der Waals surface area contributed by atoms with E-state index in [0.717, 1.165) is 62.9 Å². The maximum absolute atomic E-state index is 12.7. The molecule has 140 valence electrons. The predicted molar refractivity (Wildman–Crippen MR) is 98.2 cm³/mol. The van der Waals surface area contributed by atoms with Gasteiger partial charge in [-0.2, -0.15) is 0 Å². The van der Waals surface area contributed by atoms with E-state index in [1.165, 1.54) is 19.3 Å². The van der Waals surface area contributed by atoms with E-state index >= 15 is 0 Å². The normalized spacial score (nSPS) is 21.9. The van der Waals surface area contributed by atoms with Crippen molar-refractivity contribution >= 4 is 11.9 Å². The lowest BCUT2D eigenvalue weighted by Gasteiger charge is -2.43. The Balaban J connectivity index is 1.29. The number of rotatable bonds is 4. The summed E-state index contributed by atoms with van der Waals surface area (Å²) in [7, 11) is 0. The van der Waals surface area contributed by atoms with Crippen LogP contribution in [0.3, 0.4) is 0 Å². The lowest BCUT2D eigenvalue weighted by Crippen LogP contribution is -2.55. The van der Waals surface area contributed by atoms with Gasteiger partial charge in [0, 0.05) is 45.3 Å². The molecule has 0 atom stereocenters. The molecule has 0 aromatic heterocycles. The highest BCUT2D eigenvalue weighted by atomic mass is 16.4. The van der Waals surface area contributed by atoms with Crippen LogP contribution < -0.4 is 0 Å². The van der Waals surface area contributed by atoms with Crippen molar-refractivity contribution in [3.05, 3.63) is 34.9 Å². The van der Waals surface area contributed by atoms with Crippen LogP contribution in [0.5, 0.6) is 0 Å². The van der Waals surface area contributed by atoms with Crippen LogP contribution in [0.2, 0.25) is 0 Å². The van der Waals surface area contributed by atoms with E-state index in [9.17, 15) is 9.59 Å². The van der Waals surface area contributed by atoms with Gasteiger partial charge in [-0.05, 0) is 42.5 Å². The number of amides is 1. The maximum atomic E-state index is 12.7. The summed E-state index contributed by atoms with van der Waals surface area (Å²) in [5, 5.41) is 9.11. The van der Waals surface area contributed by atoms with Gasteiger partial charge in [-0.15, -0.1) is 0 Å². The smallest absolute Gasteiger partial charge is 0.335 e. The Morgan fingerprint density at radius 3 is 2.46 bits per heavy atom. The van der Waals surface area contributed by atoms with E-state index in [2.05, 4.69) is 9.80 Å². The fourth-order valence-electron chi connectivity index (χ4n) is 4.26. The molecule has 0 unspecified atom stereocenters. The molecule has 0 spiro atoms. The second-order valence-corrected chi connectivity index (χ2v) is 7.75. The van der Waals surface area contributed by atoms with Crippen LogP contribution in [0.15, 0.2) is 18.2 Å². The molecule has 2 aliphatic heterocycles. The number of fused-ring (bicyclic) bond motifs is 1. The third-order valence-electron chi connectivity index (χ3n) is 6.16. The first kappa shape index (κ1) is 17.5. The van der Waals surface area contributed by atoms with E-state index in [4.69, 9.17) is 5.11 Å². The van der Waals surface area contributed by atoms with Gasteiger partial charge in [-0.3, -0.25) is 14.6 Å². The summed E-state index contributed by atoms with van der Waals surface area (Å²) in [5.41, 5.74) is 2.59. The number of carbonyl (C=O) groups excluding carboxylic acids is 1. The van der Waals surface area contributed by atoms with Crippen molar-refractivity contribution in [2.45, 2.75) is 38.3 Å². The van der Waals surface area contributed by atoms with Gasteiger partial charge in [-0.1, -0.05) is 12.5 Å². The fourth-order valence-corrected chi connectivity index (χ4v) is 4.26. The van der Waals surface area contributed by atoms with Crippen molar-refractivity contribution in [1.82, 2.24) is 14.7 Å². The van der Waals surface area contributed by atoms with Crippen LogP contribution in [-0.2, 0) is 17.8 Å². The third kappa shape index (κ3) is 3.62. The zero-order valence-electron chi connectivity index (χ0n) is 15.2. The molecule has 1 N–H and O–H groups in total. The molecule has 26 heavy (non-hydrogen) atoms. The quantitative estimate of drug-likeness (QED) is 0.883. The largest absolute Gasteiger partial charge is 0.478 e. The number of hydrogen-bond acceptors (Lipinski definition) is 4. The van der Waals surface area contributed by atoms with Crippen molar-refractivity contribution in [2.75, 3.05) is 39.3 Å². The van der Waals surface area contributed by atoms with Crippen molar-refractivity contribution in [1.29, 1.82) is 0 Å². The number of benzene rings is 1. The summed E-state index contributed by atoms with van der Waals surface area (Å²) in [6.07, 6.45) is 4.81. The third-order valence-corrected chi connectivity index (χ3v) is 6.16. The molecule has 1 saturated carbocycles. The Kier molecular flexibility index (Phi) is 4.96. The summed E-state index contributed by atoms with van der Waals surface area (Å²) >= 11 is 0. The summed E-state index contributed by atoms with van der Waals surface area (Å²) in [6.45, 7) is 5.72. The van der Waals surface area contributed by atoms with Crippen molar-refractivity contribution < 1.29 is 14.7 Å². The Hall–Kier alpha value is -1.92. The minimum Gasteiger partial charge on any atom is -0.478 e. The zero-order valence-corrected chi connectivity index (χ0v) is 15.2. The summed E-state index contributed by atoms with van der Waals surface area (Å²) in [4.78, 5) is 30.5. The van der Waals surface area contributed by atoms with Crippen LogP contribution in [0.25, 0.3) is 0 Å². The van der Waals surface area contributed by atoms with E-state index in [-0.39, 0.29) is 5.91 Å². The number of hydrogen-bond donors (Lipinski definition) is 1. The van der Waals surface area contributed by atoms with Gasteiger partial charge in [0.15, 0.2) is 0 Å². The molecule has 2 heterocycles. The molecule has 0 bridgehead atoms. The van der Waals surface area contributed by atoms with Crippen molar-refractivity contribution in [3.8, 4) is 0 Å². The Labute approximate surface area is 154 Å². The van der Waals surface area contributed by atoms with Crippen LogP contribution in [-0.4, -0.2) is 77.0 Å². The topological polar surface area (TPSA) is 64.1 Å². The average molecular weight is 357 g/mol. The Bertz CT molecular complexity index is 694. The van der Waals surface area contributed by atoms with Gasteiger partial charge in [-0.25, -0.2) is 4.79 Å². The number of carbonyl (C=O) groups is 2. The highest BCUT2D eigenvalue weighted by Crippen LogP contribution is 2.25. The molecule has 1 saturated heterocycles. The lowest BCUT2D eigenvalue weighted by atomic mass is 9.91. The predicted octanol–water partition coefficient (Wildman–Crippen LogP) is 1.44. The molecule has 6 nitrogen and oxygen atoms in total. The Morgan fingerprint density at radius 1 is 1.04 bits per heavy atom. The van der Waals surface area contributed by atoms with E-state index in [1.807, 2.05) is 11.0 Å². The van der Waals surface area contributed by atoms with Gasteiger partial charge >= 0.3 is 5.97 Å². The van der Waals surface area contributed by atoms with Gasteiger partial charge in [0.2, 0.25) is 5.91 Å². The average Bonchev–Trinajstić information content (AvgIpc) is 2.60. The molecule has 2 fully saturated rings. The first-order chi connectivity index (χ1) is 12.6. The van der Waals surface area contributed by atoms with Crippen LogP contribution in [0.1, 0.15) is 40.7 Å². The molecule has 1 aromatic rings. The molecule has 3 aliphatic rings. The SMILES string of the molecule is O=C(O)c1ccc2c(c1)CCN(CC(=O)N1CCN(C3CCC3)CC1)C2. The molecule has 1 aromatic carbocycles.